The predicted octanol–water partition coefficient (Wildman–Crippen LogP) is 3.83. The van der Waals surface area contributed by atoms with Crippen LogP contribution in [0.3, 0.4) is 0 Å². The highest BCUT2D eigenvalue weighted by Crippen LogP contribution is 2.37. The second-order valence-electron chi connectivity index (χ2n) is 4.35. The average molecular weight is 336 g/mol. The quantitative estimate of drug-likeness (QED) is 0.774. The normalized spacial score (nSPS) is 10.9. The molecule has 2 aromatic heterocycles. The number of hydrogen-bond donors (Lipinski definition) is 1. The van der Waals surface area contributed by atoms with E-state index in [-0.39, 0.29) is 5.82 Å². The summed E-state index contributed by atoms with van der Waals surface area (Å²) >= 11 is 3.25. The zero-order chi connectivity index (χ0) is 14.3. The molecule has 20 heavy (non-hydrogen) atoms. The van der Waals surface area contributed by atoms with Crippen LogP contribution in [0.2, 0.25) is 0 Å². The molecule has 0 amide bonds. The fraction of sp³-hybridized carbons (Fsp3) is 0.0714. The van der Waals surface area contributed by atoms with Gasteiger partial charge in [-0.2, -0.15) is 5.10 Å². The van der Waals surface area contributed by atoms with Crippen LogP contribution in [0, 0.1) is 5.82 Å². The molecule has 0 radical (unpaired) electrons. The van der Waals surface area contributed by atoms with Crippen molar-refractivity contribution in [2.45, 2.75) is 0 Å². The maximum atomic E-state index is 13.4. The Bertz CT molecular complexity index is 779. The van der Waals surface area contributed by atoms with Gasteiger partial charge in [0, 0.05) is 7.05 Å². The minimum Gasteiger partial charge on any atom is -0.448 e. The number of aromatic nitrogens is 2. The van der Waals surface area contributed by atoms with Crippen molar-refractivity contribution in [3.63, 3.8) is 0 Å². The van der Waals surface area contributed by atoms with Gasteiger partial charge >= 0.3 is 0 Å². The lowest BCUT2D eigenvalue weighted by Crippen LogP contribution is -1.98. The van der Waals surface area contributed by atoms with Gasteiger partial charge in [0.25, 0.3) is 0 Å². The molecule has 0 aliphatic rings. The summed E-state index contributed by atoms with van der Waals surface area (Å²) < 4.78 is 21.1. The van der Waals surface area contributed by atoms with E-state index in [0.29, 0.717) is 33.1 Å². The van der Waals surface area contributed by atoms with Crippen LogP contribution in [-0.2, 0) is 7.05 Å². The number of nitrogens with two attached hydrogens (primary N) is 1. The van der Waals surface area contributed by atoms with Crippen molar-refractivity contribution in [1.29, 1.82) is 0 Å². The van der Waals surface area contributed by atoms with Gasteiger partial charge in [-0.25, -0.2) is 4.39 Å². The van der Waals surface area contributed by atoms with Crippen LogP contribution in [0.1, 0.15) is 0 Å². The zero-order valence-electron chi connectivity index (χ0n) is 10.6. The lowest BCUT2D eigenvalue weighted by atomic mass is 10.0. The SMILES string of the molecule is Cn1nc(-c2ccc(Br)o2)c(-c2cccc(F)c2)c1N. The molecule has 2 heterocycles. The van der Waals surface area contributed by atoms with E-state index in [0.717, 1.165) is 0 Å². The molecule has 102 valence electrons. The minimum atomic E-state index is -0.322. The summed E-state index contributed by atoms with van der Waals surface area (Å²) in [5, 5.41) is 4.35. The van der Waals surface area contributed by atoms with Crippen LogP contribution in [0.25, 0.3) is 22.6 Å². The van der Waals surface area contributed by atoms with Crippen LogP contribution in [0.5, 0.6) is 0 Å². The summed E-state index contributed by atoms with van der Waals surface area (Å²) in [5.41, 5.74) is 7.96. The number of nitrogen functional groups attached to an aromatic ring is 1. The Kier molecular flexibility index (Phi) is 3.10. The van der Waals surface area contributed by atoms with Crippen molar-refractivity contribution in [2.24, 2.45) is 7.05 Å². The molecule has 3 rings (SSSR count). The van der Waals surface area contributed by atoms with E-state index < -0.39 is 0 Å². The molecule has 0 saturated heterocycles. The summed E-state index contributed by atoms with van der Waals surface area (Å²) in [6.07, 6.45) is 0. The standard InChI is InChI=1S/C14H11BrFN3O/c1-19-14(17)12(8-3-2-4-9(16)7-8)13(18-19)10-5-6-11(15)20-10/h2-7H,17H2,1H3. The summed E-state index contributed by atoms with van der Waals surface area (Å²) in [4.78, 5) is 0. The molecule has 0 fully saturated rings. The number of nitrogens with zero attached hydrogens (tertiary/aromatic N) is 2. The molecular formula is C14H11BrFN3O. The van der Waals surface area contributed by atoms with E-state index in [4.69, 9.17) is 10.2 Å². The van der Waals surface area contributed by atoms with Crippen molar-refractivity contribution < 1.29 is 8.81 Å². The predicted molar refractivity (Wildman–Crippen MR) is 78.4 cm³/mol. The topological polar surface area (TPSA) is 57.0 Å². The first-order chi connectivity index (χ1) is 9.56. The fourth-order valence-electron chi connectivity index (χ4n) is 2.08. The smallest absolute Gasteiger partial charge is 0.169 e. The second kappa shape index (κ2) is 4.79. The van der Waals surface area contributed by atoms with Crippen LogP contribution < -0.4 is 5.73 Å². The summed E-state index contributed by atoms with van der Waals surface area (Å²) in [6, 6.07) is 9.80. The lowest BCUT2D eigenvalue weighted by molar-refractivity contribution is 0.552. The van der Waals surface area contributed by atoms with Crippen molar-refractivity contribution in [3.05, 3.63) is 46.9 Å². The Hall–Kier alpha value is -2.08. The highest BCUT2D eigenvalue weighted by Gasteiger charge is 2.20. The van der Waals surface area contributed by atoms with E-state index >= 15 is 0 Å². The molecule has 6 heteroatoms. The van der Waals surface area contributed by atoms with Crippen LogP contribution >= 0.6 is 15.9 Å². The molecule has 3 aromatic rings. The van der Waals surface area contributed by atoms with Crippen LogP contribution in [0.15, 0.2) is 45.5 Å². The van der Waals surface area contributed by atoms with Crippen LogP contribution in [0.4, 0.5) is 10.2 Å². The highest BCUT2D eigenvalue weighted by atomic mass is 79.9. The first-order valence-corrected chi connectivity index (χ1v) is 6.69. The third-order valence-corrected chi connectivity index (χ3v) is 3.44. The molecular weight excluding hydrogens is 325 g/mol. The van der Waals surface area contributed by atoms with E-state index in [1.165, 1.54) is 12.1 Å². The van der Waals surface area contributed by atoms with Gasteiger partial charge in [-0.1, -0.05) is 12.1 Å². The molecule has 0 saturated carbocycles. The van der Waals surface area contributed by atoms with Gasteiger partial charge in [-0.15, -0.1) is 0 Å². The molecule has 0 aliphatic heterocycles. The van der Waals surface area contributed by atoms with E-state index in [2.05, 4.69) is 21.0 Å². The molecule has 2 N–H and O–H groups in total. The number of benzene rings is 1. The maximum absolute atomic E-state index is 13.4. The van der Waals surface area contributed by atoms with Crippen LogP contribution in [-0.4, -0.2) is 9.78 Å². The molecule has 0 aliphatic carbocycles. The lowest BCUT2D eigenvalue weighted by Gasteiger charge is -2.03. The molecule has 4 nitrogen and oxygen atoms in total. The third-order valence-electron chi connectivity index (χ3n) is 3.01. The maximum Gasteiger partial charge on any atom is 0.169 e. The van der Waals surface area contributed by atoms with Gasteiger partial charge in [0.2, 0.25) is 0 Å². The highest BCUT2D eigenvalue weighted by molar-refractivity contribution is 9.10. The van der Waals surface area contributed by atoms with Gasteiger partial charge in [0.15, 0.2) is 10.4 Å². The van der Waals surface area contributed by atoms with E-state index in [1.54, 1.807) is 36.0 Å². The monoisotopic (exact) mass is 335 g/mol. The van der Waals surface area contributed by atoms with Crippen molar-refractivity contribution in [3.8, 4) is 22.6 Å². The molecule has 0 atom stereocenters. The van der Waals surface area contributed by atoms with Gasteiger partial charge < -0.3 is 10.2 Å². The number of rotatable bonds is 2. The number of anilines is 1. The Morgan fingerprint density at radius 2 is 2.10 bits per heavy atom. The van der Waals surface area contributed by atoms with Crippen molar-refractivity contribution >= 4 is 21.7 Å². The molecule has 1 aromatic carbocycles. The Morgan fingerprint density at radius 3 is 2.75 bits per heavy atom. The number of aryl methyl sites for hydroxylation is 1. The first kappa shape index (κ1) is 12.9. The van der Waals surface area contributed by atoms with E-state index in [9.17, 15) is 4.39 Å². The Balaban J connectivity index is 2.24. The summed E-state index contributed by atoms with van der Waals surface area (Å²) in [7, 11) is 1.74. The average Bonchev–Trinajstić information content (AvgIpc) is 2.95. The number of furan rings is 1. The Labute approximate surface area is 123 Å². The first-order valence-electron chi connectivity index (χ1n) is 5.90. The summed E-state index contributed by atoms with van der Waals surface area (Å²) in [6.45, 7) is 0. The van der Waals surface area contributed by atoms with Gasteiger partial charge in [-0.05, 0) is 45.8 Å². The number of halogens is 2. The second-order valence-corrected chi connectivity index (χ2v) is 5.13. The summed E-state index contributed by atoms with van der Waals surface area (Å²) in [5.74, 6) is 0.707. The fourth-order valence-corrected chi connectivity index (χ4v) is 2.39. The largest absolute Gasteiger partial charge is 0.448 e. The number of hydrogen-bond acceptors (Lipinski definition) is 3. The van der Waals surface area contributed by atoms with Crippen molar-refractivity contribution in [1.82, 2.24) is 9.78 Å². The molecule has 0 spiro atoms. The minimum absolute atomic E-state index is 0.322. The molecule has 0 unspecified atom stereocenters. The van der Waals surface area contributed by atoms with Gasteiger partial charge in [0.05, 0.1) is 5.56 Å². The van der Waals surface area contributed by atoms with Crippen molar-refractivity contribution in [2.75, 3.05) is 5.73 Å². The van der Waals surface area contributed by atoms with E-state index in [1.807, 2.05) is 0 Å². The van der Waals surface area contributed by atoms with Gasteiger partial charge in [-0.3, -0.25) is 4.68 Å². The zero-order valence-corrected chi connectivity index (χ0v) is 12.2. The Morgan fingerprint density at radius 1 is 1.30 bits per heavy atom. The van der Waals surface area contributed by atoms with Gasteiger partial charge in [0.1, 0.15) is 17.3 Å². The third kappa shape index (κ3) is 2.12. The molecule has 0 bridgehead atoms.